The molecular formula is C29H37FN2O6. The second kappa shape index (κ2) is 12.5. The molecule has 206 valence electrons. The lowest BCUT2D eigenvalue weighted by Gasteiger charge is -2.30. The summed E-state index contributed by atoms with van der Waals surface area (Å²) in [6.07, 6.45) is 3.75. The zero-order chi connectivity index (χ0) is 27.2. The van der Waals surface area contributed by atoms with E-state index in [9.17, 15) is 19.1 Å². The summed E-state index contributed by atoms with van der Waals surface area (Å²) in [5, 5.41) is 10.4. The lowest BCUT2D eigenvalue weighted by Crippen LogP contribution is -2.42. The molecule has 1 N–H and O–H groups in total. The monoisotopic (exact) mass is 528 g/mol. The highest BCUT2D eigenvalue weighted by Gasteiger charge is 2.48. The van der Waals surface area contributed by atoms with Crippen molar-refractivity contribution in [2.45, 2.75) is 51.5 Å². The highest BCUT2D eigenvalue weighted by molar-refractivity contribution is 5.79. The van der Waals surface area contributed by atoms with Gasteiger partial charge >= 0.3 is 5.97 Å². The van der Waals surface area contributed by atoms with E-state index >= 15 is 0 Å². The SMILES string of the molecule is CCCCN(CCCC)C(=O)CN1C[C@H](c2ccc3c(c2)OCO3)[C@@H](C(=O)O)[C@@H]1c1ccc(OC)c(F)c1. The van der Waals surface area contributed by atoms with Gasteiger partial charge in [0.25, 0.3) is 0 Å². The van der Waals surface area contributed by atoms with Gasteiger partial charge in [0.05, 0.1) is 19.6 Å². The molecule has 0 unspecified atom stereocenters. The summed E-state index contributed by atoms with van der Waals surface area (Å²) in [7, 11) is 1.38. The first-order valence-electron chi connectivity index (χ1n) is 13.4. The number of amides is 1. The summed E-state index contributed by atoms with van der Waals surface area (Å²) in [5.74, 6) is -1.70. The molecule has 3 atom stereocenters. The summed E-state index contributed by atoms with van der Waals surface area (Å²) in [4.78, 5) is 30.1. The molecule has 0 spiro atoms. The Balaban J connectivity index is 1.70. The van der Waals surface area contributed by atoms with Gasteiger partial charge in [-0.2, -0.15) is 0 Å². The first-order chi connectivity index (χ1) is 18.4. The van der Waals surface area contributed by atoms with E-state index in [0.717, 1.165) is 31.2 Å². The molecule has 2 aromatic rings. The summed E-state index contributed by atoms with van der Waals surface area (Å²) in [6, 6.07) is 9.26. The second-order valence-corrected chi connectivity index (χ2v) is 9.94. The van der Waals surface area contributed by atoms with Crippen LogP contribution in [0.1, 0.15) is 62.6 Å². The number of nitrogens with zero attached hydrogens (tertiary/aromatic N) is 2. The smallest absolute Gasteiger partial charge is 0.309 e. The molecule has 0 saturated carbocycles. The van der Waals surface area contributed by atoms with Gasteiger partial charge < -0.3 is 24.2 Å². The number of ether oxygens (including phenoxy) is 3. The third-order valence-corrected chi connectivity index (χ3v) is 7.48. The number of methoxy groups -OCH3 is 1. The van der Waals surface area contributed by atoms with Crippen LogP contribution < -0.4 is 14.2 Å². The maximum atomic E-state index is 14.8. The molecule has 1 fully saturated rings. The normalized spacial score (nSPS) is 20.5. The van der Waals surface area contributed by atoms with Gasteiger partial charge in [0, 0.05) is 31.6 Å². The van der Waals surface area contributed by atoms with Crippen molar-refractivity contribution >= 4 is 11.9 Å². The minimum absolute atomic E-state index is 0.0404. The molecule has 0 aromatic heterocycles. The van der Waals surface area contributed by atoms with Crippen LogP contribution in [0.25, 0.3) is 0 Å². The molecule has 1 amide bonds. The van der Waals surface area contributed by atoms with Crippen LogP contribution in [0.3, 0.4) is 0 Å². The maximum Gasteiger partial charge on any atom is 0.309 e. The van der Waals surface area contributed by atoms with E-state index in [0.29, 0.717) is 36.7 Å². The van der Waals surface area contributed by atoms with Crippen LogP contribution in [0.5, 0.6) is 17.2 Å². The highest BCUT2D eigenvalue weighted by Crippen LogP contribution is 2.48. The van der Waals surface area contributed by atoms with Crippen LogP contribution in [-0.2, 0) is 9.59 Å². The van der Waals surface area contributed by atoms with Crippen LogP contribution in [0.2, 0.25) is 0 Å². The largest absolute Gasteiger partial charge is 0.494 e. The predicted octanol–water partition coefficient (Wildman–Crippen LogP) is 4.83. The molecule has 9 heteroatoms. The Hall–Kier alpha value is -3.33. The number of hydrogen-bond acceptors (Lipinski definition) is 6. The molecule has 2 aliphatic rings. The van der Waals surface area contributed by atoms with E-state index < -0.39 is 29.7 Å². The fraction of sp³-hybridized carbons (Fsp3) is 0.517. The van der Waals surface area contributed by atoms with Crippen LogP contribution >= 0.6 is 0 Å². The molecule has 2 aliphatic heterocycles. The van der Waals surface area contributed by atoms with E-state index in [1.165, 1.54) is 19.2 Å². The third kappa shape index (κ3) is 5.88. The number of carbonyl (C=O) groups is 2. The van der Waals surface area contributed by atoms with Gasteiger partial charge in [-0.3, -0.25) is 14.5 Å². The fourth-order valence-corrected chi connectivity index (χ4v) is 5.47. The molecule has 0 bridgehead atoms. The standard InChI is InChI=1S/C29H37FN2O6/c1-4-6-12-31(13-7-5-2)26(33)17-32-16-21(19-8-11-24-25(15-19)38-18-37-24)27(29(34)35)28(32)20-9-10-23(36-3)22(30)14-20/h8-11,14-15,21,27-28H,4-7,12-13,16-18H2,1-3H3,(H,34,35)/t21-,27-,28+/m1/s1. The van der Waals surface area contributed by atoms with Crippen molar-refractivity contribution < 1.29 is 33.3 Å². The number of halogens is 1. The average molecular weight is 529 g/mol. The van der Waals surface area contributed by atoms with Crippen molar-refractivity contribution in [2.75, 3.05) is 40.1 Å². The zero-order valence-electron chi connectivity index (χ0n) is 22.3. The van der Waals surface area contributed by atoms with Crippen molar-refractivity contribution in [3.8, 4) is 17.2 Å². The van der Waals surface area contributed by atoms with Gasteiger partial charge in [0.15, 0.2) is 23.1 Å². The third-order valence-electron chi connectivity index (χ3n) is 7.48. The van der Waals surface area contributed by atoms with Gasteiger partial charge in [0.2, 0.25) is 12.7 Å². The van der Waals surface area contributed by atoms with E-state index in [4.69, 9.17) is 14.2 Å². The Kier molecular flexibility index (Phi) is 9.09. The molecule has 0 aliphatic carbocycles. The van der Waals surface area contributed by atoms with Crippen LogP contribution in [0, 0.1) is 11.7 Å². The van der Waals surface area contributed by atoms with E-state index in [-0.39, 0.29) is 25.0 Å². The number of carbonyl (C=O) groups excluding carboxylic acids is 1. The number of unbranched alkanes of at least 4 members (excludes halogenated alkanes) is 2. The number of aliphatic carboxylic acids is 1. The number of likely N-dealkylation sites (tertiary alicyclic amines) is 1. The van der Waals surface area contributed by atoms with Gasteiger partial charge in [-0.15, -0.1) is 0 Å². The van der Waals surface area contributed by atoms with Crippen LogP contribution in [-0.4, -0.2) is 66.9 Å². The van der Waals surface area contributed by atoms with Gasteiger partial charge in [-0.05, 0) is 48.2 Å². The van der Waals surface area contributed by atoms with Gasteiger partial charge in [-0.1, -0.05) is 38.8 Å². The summed E-state index contributed by atoms with van der Waals surface area (Å²) in [5.41, 5.74) is 1.28. The first kappa shape index (κ1) is 27.7. The van der Waals surface area contributed by atoms with E-state index in [2.05, 4.69) is 13.8 Å². The number of rotatable bonds is 12. The zero-order valence-corrected chi connectivity index (χ0v) is 22.3. The second-order valence-electron chi connectivity index (χ2n) is 9.94. The van der Waals surface area contributed by atoms with Gasteiger partial charge in [0.1, 0.15) is 0 Å². The Morgan fingerprint density at radius 2 is 1.74 bits per heavy atom. The lowest BCUT2D eigenvalue weighted by atomic mass is 9.82. The lowest BCUT2D eigenvalue weighted by molar-refractivity contribution is -0.144. The minimum atomic E-state index is -1.00. The molecular weight excluding hydrogens is 491 g/mol. The molecule has 2 heterocycles. The summed E-state index contributed by atoms with van der Waals surface area (Å²) in [6.45, 7) is 6.01. The number of carboxylic acids is 1. The van der Waals surface area contributed by atoms with Crippen LogP contribution in [0.4, 0.5) is 4.39 Å². The highest BCUT2D eigenvalue weighted by atomic mass is 19.1. The summed E-state index contributed by atoms with van der Waals surface area (Å²) < 4.78 is 30.8. The van der Waals surface area contributed by atoms with Crippen molar-refractivity contribution in [1.29, 1.82) is 0 Å². The quantitative estimate of drug-likeness (QED) is 0.422. The Labute approximate surface area is 223 Å². The molecule has 4 rings (SSSR count). The minimum Gasteiger partial charge on any atom is -0.494 e. The fourth-order valence-electron chi connectivity index (χ4n) is 5.47. The number of benzene rings is 2. The van der Waals surface area contributed by atoms with Crippen molar-refractivity contribution in [1.82, 2.24) is 9.80 Å². The van der Waals surface area contributed by atoms with Crippen molar-refractivity contribution in [3.05, 3.63) is 53.3 Å². The van der Waals surface area contributed by atoms with Gasteiger partial charge in [-0.25, -0.2) is 4.39 Å². The number of carboxylic acid groups (broad SMARTS) is 1. The Morgan fingerprint density at radius 3 is 2.37 bits per heavy atom. The van der Waals surface area contributed by atoms with E-state index in [1.807, 2.05) is 21.9 Å². The van der Waals surface area contributed by atoms with Crippen molar-refractivity contribution in [3.63, 3.8) is 0 Å². The average Bonchev–Trinajstić information content (AvgIpc) is 3.53. The number of hydrogen-bond donors (Lipinski definition) is 1. The predicted molar refractivity (Wildman–Crippen MR) is 140 cm³/mol. The van der Waals surface area contributed by atoms with Crippen LogP contribution in [0.15, 0.2) is 36.4 Å². The topological polar surface area (TPSA) is 88.5 Å². The Bertz CT molecular complexity index is 1130. The molecule has 8 nitrogen and oxygen atoms in total. The first-order valence-corrected chi connectivity index (χ1v) is 13.4. The molecule has 38 heavy (non-hydrogen) atoms. The molecule has 2 aromatic carbocycles. The van der Waals surface area contributed by atoms with Crippen molar-refractivity contribution in [2.24, 2.45) is 5.92 Å². The Morgan fingerprint density at radius 1 is 1.05 bits per heavy atom. The maximum absolute atomic E-state index is 14.8. The van der Waals surface area contributed by atoms with E-state index in [1.54, 1.807) is 12.1 Å². The summed E-state index contributed by atoms with van der Waals surface area (Å²) >= 11 is 0. The number of fused-ring (bicyclic) bond motifs is 1. The molecule has 1 saturated heterocycles. The molecule has 0 radical (unpaired) electrons.